The molecule has 2 heterocycles. The molecule has 0 unspecified atom stereocenters. The highest BCUT2D eigenvalue weighted by Crippen LogP contribution is 2.28. The van der Waals surface area contributed by atoms with Crippen LogP contribution in [0.1, 0.15) is 23.3 Å². The lowest BCUT2D eigenvalue weighted by Gasteiger charge is -2.06. The van der Waals surface area contributed by atoms with E-state index in [-0.39, 0.29) is 15.8 Å². The second-order valence-corrected chi connectivity index (χ2v) is 8.94. The highest BCUT2D eigenvalue weighted by molar-refractivity contribution is 7.94. The standard InChI is InChI=1S/C18H15F2N3O4S2/c1-10-18(21-11(2)24)16(27-22-10)7-4-13-5-8-17(28-13)29(25,26)23-12-3-6-14(19)15(20)9-12/h3-9,23H,1-2H3,(H,21,24). The predicted octanol–water partition coefficient (Wildman–Crippen LogP) is 4.25. The van der Waals surface area contributed by atoms with E-state index in [0.717, 1.165) is 29.5 Å². The molecule has 0 aliphatic carbocycles. The van der Waals surface area contributed by atoms with Crippen LogP contribution in [-0.4, -0.2) is 19.5 Å². The number of hydrogen-bond donors (Lipinski definition) is 2. The molecule has 2 aromatic heterocycles. The summed E-state index contributed by atoms with van der Waals surface area (Å²) in [6, 6.07) is 5.67. The van der Waals surface area contributed by atoms with E-state index >= 15 is 0 Å². The molecule has 1 amide bonds. The summed E-state index contributed by atoms with van der Waals surface area (Å²) >= 11 is 0.958. The van der Waals surface area contributed by atoms with Gasteiger partial charge in [0.05, 0.1) is 5.69 Å². The third-order valence-electron chi connectivity index (χ3n) is 3.63. The first-order valence-corrected chi connectivity index (χ1v) is 10.5. The Morgan fingerprint density at radius 3 is 2.62 bits per heavy atom. The fourth-order valence-electron chi connectivity index (χ4n) is 2.32. The Morgan fingerprint density at radius 2 is 1.93 bits per heavy atom. The summed E-state index contributed by atoms with van der Waals surface area (Å²) in [6.07, 6.45) is 3.16. The minimum Gasteiger partial charge on any atom is -0.354 e. The Bertz CT molecular complexity index is 1200. The summed E-state index contributed by atoms with van der Waals surface area (Å²) in [7, 11) is -3.97. The first kappa shape index (κ1) is 20.7. The molecule has 2 N–H and O–H groups in total. The quantitative estimate of drug-likeness (QED) is 0.598. The molecule has 3 rings (SSSR count). The van der Waals surface area contributed by atoms with E-state index in [1.807, 2.05) is 0 Å². The summed E-state index contributed by atoms with van der Waals surface area (Å²) < 4.78 is 58.5. The highest BCUT2D eigenvalue weighted by Gasteiger charge is 2.18. The molecule has 152 valence electrons. The van der Waals surface area contributed by atoms with Crippen LogP contribution in [0.25, 0.3) is 12.2 Å². The molecule has 1 aromatic carbocycles. The lowest BCUT2D eigenvalue weighted by atomic mass is 10.2. The molecule has 0 saturated heterocycles. The monoisotopic (exact) mass is 439 g/mol. The van der Waals surface area contributed by atoms with Crippen molar-refractivity contribution < 1.29 is 26.5 Å². The van der Waals surface area contributed by atoms with Gasteiger partial charge in [0.15, 0.2) is 17.4 Å². The van der Waals surface area contributed by atoms with Crippen LogP contribution >= 0.6 is 11.3 Å². The van der Waals surface area contributed by atoms with Crippen molar-refractivity contribution in [2.24, 2.45) is 0 Å². The zero-order valence-corrected chi connectivity index (χ0v) is 16.8. The van der Waals surface area contributed by atoms with E-state index < -0.39 is 21.7 Å². The van der Waals surface area contributed by atoms with Crippen LogP contribution in [0.15, 0.2) is 39.1 Å². The van der Waals surface area contributed by atoms with E-state index in [0.29, 0.717) is 22.0 Å². The third-order valence-corrected chi connectivity index (χ3v) is 6.55. The van der Waals surface area contributed by atoms with Gasteiger partial charge in [0.2, 0.25) is 5.91 Å². The molecule has 7 nitrogen and oxygen atoms in total. The fraction of sp³-hybridized carbons (Fsp3) is 0.111. The van der Waals surface area contributed by atoms with Gasteiger partial charge in [-0.1, -0.05) is 5.16 Å². The van der Waals surface area contributed by atoms with E-state index in [9.17, 15) is 22.0 Å². The molecule has 0 aliphatic heterocycles. The van der Waals surface area contributed by atoms with Gasteiger partial charge in [-0.3, -0.25) is 9.52 Å². The third kappa shape index (κ3) is 4.87. The van der Waals surface area contributed by atoms with Gasteiger partial charge in [0.25, 0.3) is 10.0 Å². The number of benzene rings is 1. The summed E-state index contributed by atoms with van der Waals surface area (Å²) in [5.74, 6) is -2.19. The van der Waals surface area contributed by atoms with Crippen molar-refractivity contribution in [3.8, 4) is 0 Å². The van der Waals surface area contributed by atoms with Crippen LogP contribution in [-0.2, 0) is 14.8 Å². The number of aromatic nitrogens is 1. The second-order valence-electron chi connectivity index (χ2n) is 5.91. The molecular weight excluding hydrogens is 424 g/mol. The number of aryl methyl sites for hydroxylation is 1. The van der Waals surface area contributed by atoms with Gasteiger partial charge in [0, 0.05) is 17.9 Å². The van der Waals surface area contributed by atoms with Gasteiger partial charge in [-0.15, -0.1) is 11.3 Å². The van der Waals surface area contributed by atoms with Crippen molar-refractivity contribution in [2.45, 2.75) is 18.1 Å². The molecule has 0 bridgehead atoms. The maximum atomic E-state index is 13.3. The SMILES string of the molecule is CC(=O)Nc1c(C)noc1C=Cc1ccc(S(=O)(=O)Nc2ccc(F)c(F)c2)s1. The number of anilines is 2. The van der Waals surface area contributed by atoms with Crippen molar-refractivity contribution in [2.75, 3.05) is 10.0 Å². The number of hydrogen-bond acceptors (Lipinski definition) is 6. The number of nitrogens with one attached hydrogen (secondary N) is 2. The van der Waals surface area contributed by atoms with Crippen molar-refractivity contribution in [3.63, 3.8) is 0 Å². The Kier molecular flexibility index (Phi) is 5.80. The Labute approximate surface area is 169 Å². The average molecular weight is 439 g/mol. The predicted molar refractivity (Wildman–Crippen MR) is 106 cm³/mol. The number of amides is 1. The van der Waals surface area contributed by atoms with Crippen LogP contribution in [0.4, 0.5) is 20.2 Å². The molecule has 0 radical (unpaired) electrons. The van der Waals surface area contributed by atoms with Crippen molar-refractivity contribution >= 4 is 50.8 Å². The maximum absolute atomic E-state index is 13.3. The summed E-state index contributed by atoms with van der Waals surface area (Å²) in [4.78, 5) is 11.9. The molecule has 0 atom stereocenters. The summed E-state index contributed by atoms with van der Waals surface area (Å²) in [5.41, 5.74) is 0.842. The molecular formula is C18H15F2N3O4S2. The summed E-state index contributed by atoms with van der Waals surface area (Å²) in [5, 5.41) is 6.40. The molecule has 0 spiro atoms. The second kappa shape index (κ2) is 8.13. The lowest BCUT2D eigenvalue weighted by molar-refractivity contribution is -0.114. The maximum Gasteiger partial charge on any atom is 0.271 e. The van der Waals surface area contributed by atoms with Gasteiger partial charge in [0.1, 0.15) is 15.6 Å². The minimum atomic E-state index is -3.97. The lowest BCUT2D eigenvalue weighted by Crippen LogP contribution is -2.11. The first-order chi connectivity index (χ1) is 13.7. The zero-order valence-electron chi connectivity index (χ0n) is 15.2. The molecule has 3 aromatic rings. The number of nitrogens with zero attached hydrogens (tertiary/aromatic N) is 1. The van der Waals surface area contributed by atoms with E-state index in [1.165, 1.54) is 13.0 Å². The van der Waals surface area contributed by atoms with Crippen LogP contribution < -0.4 is 10.0 Å². The largest absolute Gasteiger partial charge is 0.354 e. The van der Waals surface area contributed by atoms with Gasteiger partial charge in [-0.05, 0) is 43.3 Å². The van der Waals surface area contributed by atoms with Crippen LogP contribution in [0.3, 0.4) is 0 Å². The number of halogens is 2. The Hall–Kier alpha value is -3.05. The smallest absolute Gasteiger partial charge is 0.271 e. The van der Waals surface area contributed by atoms with Crippen LogP contribution in [0.5, 0.6) is 0 Å². The number of carbonyl (C=O) groups is 1. The van der Waals surface area contributed by atoms with Gasteiger partial charge in [-0.2, -0.15) is 0 Å². The van der Waals surface area contributed by atoms with Gasteiger partial charge in [-0.25, -0.2) is 17.2 Å². The zero-order chi connectivity index (χ0) is 21.2. The highest BCUT2D eigenvalue weighted by atomic mass is 32.2. The van der Waals surface area contributed by atoms with Crippen molar-refractivity contribution in [1.29, 1.82) is 0 Å². The molecule has 0 saturated carbocycles. The number of rotatable bonds is 6. The van der Waals surface area contributed by atoms with E-state index in [2.05, 4.69) is 15.2 Å². The van der Waals surface area contributed by atoms with Crippen LogP contribution in [0, 0.1) is 18.6 Å². The summed E-state index contributed by atoms with van der Waals surface area (Å²) in [6.45, 7) is 3.03. The first-order valence-electron chi connectivity index (χ1n) is 8.15. The molecule has 0 fully saturated rings. The number of thiophene rings is 1. The van der Waals surface area contributed by atoms with Crippen molar-refractivity contribution in [1.82, 2.24) is 5.16 Å². The minimum absolute atomic E-state index is 0.0160. The number of sulfonamides is 1. The Balaban J connectivity index is 1.79. The fourth-order valence-corrected chi connectivity index (χ4v) is 4.60. The molecule has 0 aliphatic rings. The van der Waals surface area contributed by atoms with Gasteiger partial charge >= 0.3 is 0 Å². The Morgan fingerprint density at radius 1 is 1.17 bits per heavy atom. The van der Waals surface area contributed by atoms with E-state index in [1.54, 1.807) is 25.1 Å². The topological polar surface area (TPSA) is 101 Å². The molecule has 29 heavy (non-hydrogen) atoms. The van der Waals surface area contributed by atoms with Crippen LogP contribution in [0.2, 0.25) is 0 Å². The number of carbonyl (C=O) groups excluding carboxylic acids is 1. The van der Waals surface area contributed by atoms with Crippen molar-refractivity contribution in [3.05, 3.63) is 58.3 Å². The normalized spacial score (nSPS) is 11.7. The average Bonchev–Trinajstić information content (AvgIpc) is 3.24. The van der Waals surface area contributed by atoms with Gasteiger partial charge < -0.3 is 9.84 Å². The molecule has 11 heteroatoms. The van der Waals surface area contributed by atoms with E-state index in [4.69, 9.17) is 4.52 Å².